The molecule has 3 rings (SSSR count). The molecule has 2 aliphatic carbocycles. The van der Waals surface area contributed by atoms with Gasteiger partial charge in [0.15, 0.2) is 0 Å². The van der Waals surface area contributed by atoms with Crippen LogP contribution in [-0.4, -0.2) is 59.6 Å². The van der Waals surface area contributed by atoms with Crippen LogP contribution >= 0.6 is 0 Å². The highest BCUT2D eigenvalue weighted by Gasteiger charge is 2.69. The largest absolute Gasteiger partial charge is 0.346 e. The van der Waals surface area contributed by atoms with E-state index < -0.39 is 35.2 Å². The number of nitrogens with one attached hydrogen (secondary N) is 2. The second kappa shape index (κ2) is 9.20. The van der Waals surface area contributed by atoms with E-state index in [9.17, 15) is 19.2 Å². The fourth-order valence-electron chi connectivity index (χ4n) is 5.32. The molecule has 5 atom stereocenters. The number of rotatable bonds is 9. The van der Waals surface area contributed by atoms with E-state index in [1.165, 1.54) is 6.08 Å². The van der Waals surface area contributed by atoms with Crippen LogP contribution in [-0.2, 0) is 19.2 Å². The van der Waals surface area contributed by atoms with Gasteiger partial charge in [-0.15, -0.1) is 6.58 Å². The minimum atomic E-state index is -0.901. The first-order chi connectivity index (χ1) is 15.3. The van der Waals surface area contributed by atoms with Gasteiger partial charge in [0.1, 0.15) is 6.04 Å². The summed E-state index contributed by atoms with van der Waals surface area (Å²) in [6.07, 6.45) is 5.00. The normalized spacial score (nSPS) is 27.6. The lowest BCUT2D eigenvalue weighted by atomic mass is 9.80. The molecule has 1 heterocycles. The predicted molar refractivity (Wildman–Crippen MR) is 126 cm³/mol. The van der Waals surface area contributed by atoms with Crippen LogP contribution in [0, 0.1) is 28.6 Å². The monoisotopic (exact) mass is 460 g/mol. The van der Waals surface area contributed by atoms with Crippen molar-refractivity contribution in [3.05, 3.63) is 12.7 Å². The highest BCUT2D eigenvalue weighted by Crippen LogP contribution is 2.65. The summed E-state index contributed by atoms with van der Waals surface area (Å²) < 4.78 is 0. The van der Waals surface area contributed by atoms with Crippen LogP contribution in [0.25, 0.3) is 0 Å². The van der Waals surface area contributed by atoms with Crippen molar-refractivity contribution in [2.75, 3.05) is 13.1 Å². The van der Waals surface area contributed by atoms with Gasteiger partial charge >= 0.3 is 0 Å². The highest BCUT2D eigenvalue weighted by molar-refractivity contribution is 6.38. The molecule has 0 aromatic rings. The third-order valence-electron chi connectivity index (χ3n) is 8.02. The molecule has 1 aliphatic heterocycles. The first-order valence-electron chi connectivity index (χ1n) is 12.1. The molecule has 3 amide bonds. The quantitative estimate of drug-likeness (QED) is 0.355. The van der Waals surface area contributed by atoms with Gasteiger partial charge in [0.2, 0.25) is 17.6 Å². The van der Waals surface area contributed by atoms with Crippen LogP contribution in [0.3, 0.4) is 0 Å². The molecule has 33 heavy (non-hydrogen) atoms. The Morgan fingerprint density at radius 2 is 1.85 bits per heavy atom. The van der Waals surface area contributed by atoms with Crippen LogP contribution in [0.2, 0.25) is 0 Å². The summed E-state index contributed by atoms with van der Waals surface area (Å²) in [4.78, 5) is 53.6. The van der Waals surface area contributed by atoms with Crippen LogP contribution in [0.15, 0.2) is 12.7 Å². The number of amides is 3. The highest BCUT2D eigenvalue weighted by atomic mass is 16.2. The average molecular weight is 461 g/mol. The van der Waals surface area contributed by atoms with E-state index in [2.05, 4.69) is 31.1 Å². The van der Waals surface area contributed by atoms with Crippen LogP contribution in [0.4, 0.5) is 0 Å². The number of nitrogens with zero attached hydrogens (tertiary/aromatic N) is 1. The number of nitrogens with two attached hydrogens (primary N) is 1. The Bertz CT molecular complexity index is 827. The second-order valence-corrected chi connectivity index (χ2v) is 11.7. The number of carbonyl (C=O) groups is 4. The van der Waals surface area contributed by atoms with E-state index in [0.29, 0.717) is 18.9 Å². The van der Waals surface area contributed by atoms with Gasteiger partial charge in [-0.1, -0.05) is 60.0 Å². The molecule has 3 aliphatic rings. The smallest absolute Gasteiger partial charge is 0.289 e. The van der Waals surface area contributed by atoms with Gasteiger partial charge in [0.25, 0.3) is 5.91 Å². The molecular weight excluding hydrogens is 420 g/mol. The number of Topliss-reactive ketones (excluding diaryl/α,β-unsaturated/α-hetero) is 1. The van der Waals surface area contributed by atoms with Crippen molar-refractivity contribution in [3.63, 3.8) is 0 Å². The molecule has 0 bridgehead atoms. The SMILES string of the molecule is C=CCNC(=O)C(=O)C(CC1CCC1)NC(=O)[C@@H]1[C@@H]2[C@H](CN1C(=O)[C@@H](N)C(C)(C)C)C2(C)C. The van der Waals surface area contributed by atoms with E-state index in [1.54, 1.807) is 4.90 Å². The number of fused-ring (bicyclic) bond motifs is 1. The van der Waals surface area contributed by atoms with E-state index in [-0.39, 0.29) is 35.6 Å². The Balaban J connectivity index is 1.79. The van der Waals surface area contributed by atoms with Crippen LogP contribution in [0.5, 0.6) is 0 Å². The first kappa shape index (κ1) is 25.4. The van der Waals surface area contributed by atoms with Crippen molar-refractivity contribution in [2.45, 2.75) is 78.4 Å². The van der Waals surface area contributed by atoms with Crippen LogP contribution < -0.4 is 16.4 Å². The molecule has 8 nitrogen and oxygen atoms in total. The van der Waals surface area contributed by atoms with E-state index in [0.717, 1.165) is 19.3 Å². The maximum absolute atomic E-state index is 13.6. The molecule has 0 spiro atoms. The summed E-state index contributed by atoms with van der Waals surface area (Å²) in [5, 5.41) is 5.38. The van der Waals surface area contributed by atoms with Gasteiger partial charge in [-0.3, -0.25) is 19.2 Å². The lowest BCUT2D eigenvalue weighted by Gasteiger charge is -2.36. The summed E-state index contributed by atoms with van der Waals surface area (Å²) in [7, 11) is 0. The molecule has 4 N–H and O–H groups in total. The third kappa shape index (κ3) is 5.00. The maximum atomic E-state index is 13.6. The number of likely N-dealkylation sites (tertiary alicyclic amines) is 1. The zero-order valence-electron chi connectivity index (χ0n) is 20.6. The molecule has 3 fully saturated rings. The minimum absolute atomic E-state index is 0.0164. The Morgan fingerprint density at radius 1 is 1.21 bits per heavy atom. The van der Waals surface area contributed by atoms with E-state index >= 15 is 0 Å². The Hall–Kier alpha value is -2.22. The van der Waals surface area contributed by atoms with Gasteiger partial charge in [-0.2, -0.15) is 0 Å². The summed E-state index contributed by atoms with van der Waals surface area (Å²) in [5.41, 5.74) is 5.76. The van der Waals surface area contributed by atoms with Crippen molar-refractivity contribution in [1.29, 1.82) is 0 Å². The first-order valence-corrected chi connectivity index (χ1v) is 12.1. The zero-order chi connectivity index (χ0) is 24.7. The lowest BCUT2D eigenvalue weighted by Crippen LogP contribution is -2.59. The minimum Gasteiger partial charge on any atom is -0.346 e. The molecule has 0 aromatic heterocycles. The molecule has 1 saturated heterocycles. The molecular formula is C25H40N4O4. The fourth-order valence-corrected chi connectivity index (χ4v) is 5.32. The van der Waals surface area contributed by atoms with Gasteiger partial charge < -0.3 is 21.3 Å². The maximum Gasteiger partial charge on any atom is 0.289 e. The molecule has 1 unspecified atom stereocenters. The summed E-state index contributed by atoms with van der Waals surface area (Å²) in [5.74, 6) is -1.42. The van der Waals surface area contributed by atoms with Gasteiger partial charge in [0.05, 0.1) is 12.1 Å². The average Bonchev–Trinajstić information content (AvgIpc) is 3.04. The van der Waals surface area contributed by atoms with Crippen LogP contribution in [0.1, 0.15) is 60.3 Å². The molecule has 2 saturated carbocycles. The Labute approximate surface area is 197 Å². The fraction of sp³-hybridized carbons (Fsp3) is 0.760. The summed E-state index contributed by atoms with van der Waals surface area (Å²) in [6.45, 7) is 14.1. The Morgan fingerprint density at radius 3 is 2.36 bits per heavy atom. The molecule has 0 radical (unpaired) electrons. The van der Waals surface area contributed by atoms with Crippen molar-refractivity contribution >= 4 is 23.5 Å². The van der Waals surface area contributed by atoms with Crippen molar-refractivity contribution < 1.29 is 19.2 Å². The summed E-state index contributed by atoms with van der Waals surface area (Å²) >= 11 is 0. The van der Waals surface area contributed by atoms with Gasteiger partial charge in [-0.05, 0) is 35.0 Å². The second-order valence-electron chi connectivity index (χ2n) is 11.7. The standard InChI is InChI=1S/C25H40N4O4/c1-7-11-27-22(32)19(30)16(12-14-9-8-10-14)28-21(31)18-17-15(25(17,5)6)13-29(18)23(33)20(26)24(2,3)4/h7,14-18,20H,1,8-13,26H2,2-6H3,(H,27,32)(H,28,31)/t15-,16?,17-,18-,20+/m0/s1. The van der Waals surface area contributed by atoms with Crippen molar-refractivity contribution in [2.24, 2.45) is 34.3 Å². The molecule has 184 valence electrons. The van der Waals surface area contributed by atoms with Gasteiger partial charge in [0, 0.05) is 13.1 Å². The number of hydrogen-bond donors (Lipinski definition) is 3. The topological polar surface area (TPSA) is 122 Å². The molecule has 0 aromatic carbocycles. The summed E-state index contributed by atoms with van der Waals surface area (Å²) in [6, 6.07) is -2.31. The Kier molecular flexibility index (Phi) is 7.08. The van der Waals surface area contributed by atoms with Crippen molar-refractivity contribution in [1.82, 2.24) is 15.5 Å². The third-order valence-corrected chi connectivity index (χ3v) is 8.02. The van der Waals surface area contributed by atoms with E-state index in [4.69, 9.17) is 5.73 Å². The lowest BCUT2D eigenvalue weighted by molar-refractivity contribution is -0.145. The number of ketones is 1. The van der Waals surface area contributed by atoms with Gasteiger partial charge in [-0.25, -0.2) is 0 Å². The van der Waals surface area contributed by atoms with E-state index in [1.807, 2.05) is 20.8 Å². The predicted octanol–water partition coefficient (Wildman–Crippen LogP) is 1.39. The number of hydrogen-bond acceptors (Lipinski definition) is 5. The zero-order valence-corrected chi connectivity index (χ0v) is 20.6. The molecule has 8 heteroatoms. The number of carbonyl (C=O) groups excluding carboxylic acids is 4. The van der Waals surface area contributed by atoms with Crippen molar-refractivity contribution in [3.8, 4) is 0 Å². The number of piperidine rings is 1.